The number of hydrogen-bond donors (Lipinski definition) is 2. The monoisotopic (exact) mass is 353 g/mol. The number of nitrogens with zero attached hydrogens (tertiary/aromatic N) is 1. The number of carbonyl (C=O) groups excluding carboxylic acids is 2. The molecular weight excluding hydrogens is 333 g/mol. The van der Waals surface area contributed by atoms with E-state index < -0.39 is 12.1 Å². The summed E-state index contributed by atoms with van der Waals surface area (Å²) in [6.45, 7) is 5.44. The second-order valence-corrected chi connectivity index (χ2v) is 6.81. The molecule has 0 saturated carbocycles. The van der Waals surface area contributed by atoms with Crippen molar-refractivity contribution in [3.63, 3.8) is 0 Å². The summed E-state index contributed by atoms with van der Waals surface area (Å²) in [5, 5.41) is 6.02. The number of aromatic nitrogens is 1. The maximum atomic E-state index is 13.3. The Morgan fingerprint density at radius 1 is 1.25 bits per heavy atom. The number of nitrogens with one attached hydrogen (secondary N) is 2. The van der Waals surface area contributed by atoms with Crippen LogP contribution in [0.3, 0.4) is 0 Å². The van der Waals surface area contributed by atoms with Crippen LogP contribution in [0.25, 0.3) is 10.2 Å². The Hall–Kier alpha value is -2.22. The van der Waals surface area contributed by atoms with Crippen LogP contribution in [0.2, 0.25) is 0 Å². The van der Waals surface area contributed by atoms with E-state index in [-0.39, 0.29) is 23.7 Å². The minimum absolute atomic E-state index is 0.110. The van der Waals surface area contributed by atoms with Gasteiger partial charge in [-0.15, -0.1) is 11.3 Å². The minimum Gasteiger partial charge on any atom is -0.453 e. The van der Waals surface area contributed by atoms with Gasteiger partial charge in [0.25, 0.3) is 0 Å². The molecule has 0 aliphatic heterocycles. The molecule has 0 unspecified atom stereocenters. The van der Waals surface area contributed by atoms with E-state index in [1.807, 2.05) is 13.8 Å². The number of benzene rings is 1. The lowest BCUT2D eigenvalue weighted by molar-refractivity contribution is -0.124. The van der Waals surface area contributed by atoms with Gasteiger partial charge in [-0.05, 0) is 31.0 Å². The molecule has 2 N–H and O–H groups in total. The number of hydrogen-bond acceptors (Lipinski definition) is 5. The third kappa shape index (κ3) is 4.19. The van der Waals surface area contributed by atoms with Gasteiger partial charge >= 0.3 is 6.09 Å². The zero-order valence-corrected chi connectivity index (χ0v) is 14.7. The summed E-state index contributed by atoms with van der Waals surface area (Å²) in [6.07, 6.45) is -0.660. The highest BCUT2D eigenvalue weighted by molar-refractivity contribution is 7.18. The second kappa shape index (κ2) is 7.57. The Balaban J connectivity index is 2.11. The maximum absolute atomic E-state index is 13.3. The van der Waals surface area contributed by atoms with Crippen molar-refractivity contribution in [2.24, 2.45) is 5.92 Å². The summed E-state index contributed by atoms with van der Waals surface area (Å²) in [4.78, 5) is 28.2. The number of alkyl carbamates (subject to hydrolysis) is 1. The highest BCUT2D eigenvalue weighted by atomic mass is 32.1. The Morgan fingerprint density at radius 3 is 2.58 bits per heavy atom. The van der Waals surface area contributed by atoms with Crippen molar-refractivity contribution in [1.29, 1.82) is 0 Å². The maximum Gasteiger partial charge on any atom is 0.407 e. The van der Waals surface area contributed by atoms with Crippen molar-refractivity contribution in [3.8, 4) is 0 Å². The smallest absolute Gasteiger partial charge is 0.407 e. The predicted molar refractivity (Wildman–Crippen MR) is 90.3 cm³/mol. The highest BCUT2D eigenvalue weighted by Crippen LogP contribution is 2.27. The van der Waals surface area contributed by atoms with E-state index in [0.717, 1.165) is 4.70 Å². The number of ether oxygens (including phenoxy) is 1. The standard InChI is InChI=1S/C16H20FN3O3S/c1-8(2)13(20-16(22)23-4)14(21)18-9(3)15-19-11-6-5-10(17)7-12(11)24-15/h5-9,13H,1-4H3,(H,18,21)(H,20,22)/t9-,13+/m1/s1. The fourth-order valence-electron chi connectivity index (χ4n) is 2.19. The summed E-state index contributed by atoms with van der Waals surface area (Å²) >= 11 is 1.32. The Kier molecular flexibility index (Phi) is 5.71. The number of fused-ring (bicyclic) bond motifs is 1. The van der Waals surface area contributed by atoms with Crippen molar-refractivity contribution < 1.29 is 18.7 Å². The van der Waals surface area contributed by atoms with Gasteiger partial charge in [-0.1, -0.05) is 13.8 Å². The van der Waals surface area contributed by atoms with Gasteiger partial charge in [0.15, 0.2) is 0 Å². The van der Waals surface area contributed by atoms with E-state index >= 15 is 0 Å². The largest absolute Gasteiger partial charge is 0.453 e. The van der Waals surface area contributed by atoms with Crippen LogP contribution in [0.1, 0.15) is 31.8 Å². The molecular formula is C16H20FN3O3S. The van der Waals surface area contributed by atoms with E-state index in [1.54, 1.807) is 13.0 Å². The molecule has 0 radical (unpaired) electrons. The second-order valence-electron chi connectivity index (χ2n) is 5.75. The zero-order valence-electron chi connectivity index (χ0n) is 13.9. The highest BCUT2D eigenvalue weighted by Gasteiger charge is 2.26. The number of halogens is 1. The summed E-state index contributed by atoms with van der Waals surface area (Å²) in [5.41, 5.74) is 0.686. The number of methoxy groups -OCH3 is 1. The third-order valence-corrected chi connectivity index (χ3v) is 4.70. The third-order valence-electron chi connectivity index (χ3n) is 3.50. The van der Waals surface area contributed by atoms with Gasteiger partial charge in [0.1, 0.15) is 16.9 Å². The van der Waals surface area contributed by atoms with Gasteiger partial charge in [0, 0.05) is 0 Å². The molecule has 1 aromatic heterocycles. The molecule has 130 valence electrons. The molecule has 24 heavy (non-hydrogen) atoms. The average molecular weight is 353 g/mol. The zero-order chi connectivity index (χ0) is 17.9. The molecule has 0 fully saturated rings. The molecule has 2 rings (SSSR count). The molecule has 2 aromatic rings. The summed E-state index contributed by atoms with van der Waals surface area (Å²) < 4.78 is 18.5. The Labute approximate surface area is 143 Å². The van der Waals surface area contributed by atoms with Gasteiger partial charge in [-0.3, -0.25) is 4.79 Å². The van der Waals surface area contributed by atoms with Crippen molar-refractivity contribution >= 4 is 33.6 Å². The Morgan fingerprint density at radius 2 is 1.96 bits per heavy atom. The van der Waals surface area contributed by atoms with E-state index in [1.165, 1.54) is 30.6 Å². The molecule has 6 nitrogen and oxygen atoms in total. The predicted octanol–water partition coefficient (Wildman–Crippen LogP) is 2.99. The van der Waals surface area contributed by atoms with Crippen molar-refractivity contribution in [3.05, 3.63) is 29.0 Å². The van der Waals surface area contributed by atoms with E-state index in [2.05, 4.69) is 20.4 Å². The molecule has 0 aliphatic carbocycles. The van der Waals surface area contributed by atoms with Crippen LogP contribution in [0, 0.1) is 11.7 Å². The van der Waals surface area contributed by atoms with Gasteiger partial charge in [-0.2, -0.15) is 0 Å². The summed E-state index contributed by atoms with van der Waals surface area (Å²) in [5.74, 6) is -0.759. The van der Waals surface area contributed by atoms with E-state index in [0.29, 0.717) is 10.5 Å². The lowest BCUT2D eigenvalue weighted by Crippen LogP contribution is -2.50. The number of amides is 2. The molecule has 1 heterocycles. The van der Waals surface area contributed by atoms with Gasteiger partial charge in [0.05, 0.1) is 23.4 Å². The van der Waals surface area contributed by atoms with Crippen LogP contribution >= 0.6 is 11.3 Å². The molecule has 0 saturated heterocycles. The van der Waals surface area contributed by atoms with Crippen LogP contribution < -0.4 is 10.6 Å². The number of thiazole rings is 1. The first-order valence-corrected chi connectivity index (χ1v) is 8.34. The lowest BCUT2D eigenvalue weighted by Gasteiger charge is -2.22. The molecule has 0 bridgehead atoms. The van der Waals surface area contributed by atoms with Crippen molar-refractivity contribution in [2.75, 3.05) is 7.11 Å². The summed E-state index contributed by atoms with van der Waals surface area (Å²) in [6, 6.07) is 3.30. The first-order valence-electron chi connectivity index (χ1n) is 7.52. The fourth-order valence-corrected chi connectivity index (χ4v) is 3.18. The van der Waals surface area contributed by atoms with Crippen LogP contribution in [0.5, 0.6) is 0 Å². The summed E-state index contributed by atoms with van der Waals surface area (Å²) in [7, 11) is 1.24. The normalized spacial score (nSPS) is 13.6. The molecule has 0 aliphatic rings. The van der Waals surface area contributed by atoms with Crippen LogP contribution in [0.4, 0.5) is 9.18 Å². The van der Waals surface area contributed by atoms with Crippen molar-refractivity contribution in [2.45, 2.75) is 32.9 Å². The average Bonchev–Trinajstić information content (AvgIpc) is 2.94. The topological polar surface area (TPSA) is 80.3 Å². The molecule has 2 atom stereocenters. The molecule has 2 amide bonds. The number of rotatable bonds is 5. The minimum atomic E-state index is -0.716. The molecule has 1 aromatic carbocycles. The quantitative estimate of drug-likeness (QED) is 0.866. The van der Waals surface area contributed by atoms with Crippen LogP contribution in [-0.2, 0) is 9.53 Å². The van der Waals surface area contributed by atoms with Crippen LogP contribution in [-0.4, -0.2) is 30.1 Å². The molecule has 8 heteroatoms. The van der Waals surface area contributed by atoms with Crippen molar-refractivity contribution in [1.82, 2.24) is 15.6 Å². The molecule has 0 spiro atoms. The van der Waals surface area contributed by atoms with Gasteiger partial charge in [0.2, 0.25) is 5.91 Å². The first kappa shape index (κ1) is 18.1. The first-order chi connectivity index (χ1) is 11.3. The van der Waals surface area contributed by atoms with Crippen LogP contribution in [0.15, 0.2) is 18.2 Å². The lowest BCUT2D eigenvalue weighted by atomic mass is 10.0. The fraction of sp³-hybridized carbons (Fsp3) is 0.438. The van der Waals surface area contributed by atoms with E-state index in [4.69, 9.17) is 0 Å². The van der Waals surface area contributed by atoms with Gasteiger partial charge in [-0.25, -0.2) is 14.2 Å². The van der Waals surface area contributed by atoms with Gasteiger partial charge < -0.3 is 15.4 Å². The Bertz CT molecular complexity index is 747. The SMILES string of the molecule is COC(=O)N[C@H](C(=O)N[C@H](C)c1nc2ccc(F)cc2s1)C(C)C. The number of carbonyl (C=O) groups is 2. The van der Waals surface area contributed by atoms with E-state index in [9.17, 15) is 14.0 Å².